The summed E-state index contributed by atoms with van der Waals surface area (Å²) in [4.78, 5) is 31.8. The minimum atomic E-state index is -4.56. The SMILES string of the molecule is CN(C(=O)c1ccc2nc(C(F)(F)F)[nH]c2c1)[C@H]1C[C@H]2CC(=O)NC[C@H]2C1. The highest BCUT2D eigenvalue weighted by Crippen LogP contribution is 2.38. The van der Waals surface area contributed by atoms with E-state index in [9.17, 15) is 22.8 Å². The summed E-state index contributed by atoms with van der Waals surface area (Å²) in [5, 5.41) is 2.86. The molecule has 2 aliphatic rings. The molecule has 1 aromatic heterocycles. The molecule has 2 N–H and O–H groups in total. The number of benzene rings is 1. The van der Waals surface area contributed by atoms with Gasteiger partial charge in [0.25, 0.3) is 5.91 Å². The van der Waals surface area contributed by atoms with Gasteiger partial charge in [0.05, 0.1) is 11.0 Å². The first-order chi connectivity index (χ1) is 12.7. The van der Waals surface area contributed by atoms with Crippen LogP contribution in [0.3, 0.4) is 0 Å². The minimum Gasteiger partial charge on any atom is -0.356 e. The molecule has 1 aliphatic heterocycles. The number of nitrogens with zero attached hydrogens (tertiary/aromatic N) is 2. The summed E-state index contributed by atoms with van der Waals surface area (Å²) in [7, 11) is 1.71. The van der Waals surface area contributed by atoms with Crippen molar-refractivity contribution in [2.75, 3.05) is 13.6 Å². The molecule has 0 radical (unpaired) electrons. The number of H-pyrrole nitrogens is 1. The lowest BCUT2D eigenvalue weighted by Gasteiger charge is -2.25. The number of aromatic amines is 1. The average molecular weight is 380 g/mol. The van der Waals surface area contributed by atoms with Gasteiger partial charge >= 0.3 is 6.18 Å². The van der Waals surface area contributed by atoms with E-state index in [1.54, 1.807) is 11.9 Å². The van der Waals surface area contributed by atoms with Crippen LogP contribution in [0.15, 0.2) is 18.2 Å². The van der Waals surface area contributed by atoms with E-state index in [-0.39, 0.29) is 34.8 Å². The molecule has 27 heavy (non-hydrogen) atoms. The Balaban J connectivity index is 1.53. The molecule has 2 amide bonds. The van der Waals surface area contributed by atoms with E-state index in [0.29, 0.717) is 24.4 Å². The molecule has 4 rings (SSSR count). The molecule has 9 heteroatoms. The van der Waals surface area contributed by atoms with Crippen LogP contribution in [-0.2, 0) is 11.0 Å². The number of nitrogens with one attached hydrogen (secondary N) is 2. The van der Waals surface area contributed by atoms with Crippen molar-refractivity contribution in [3.63, 3.8) is 0 Å². The molecule has 1 aromatic carbocycles. The van der Waals surface area contributed by atoms with Gasteiger partial charge in [-0.05, 0) is 42.9 Å². The average Bonchev–Trinajstić information content (AvgIpc) is 3.22. The zero-order valence-electron chi connectivity index (χ0n) is 14.6. The number of aromatic nitrogens is 2. The number of fused-ring (bicyclic) bond motifs is 2. The third kappa shape index (κ3) is 3.26. The van der Waals surface area contributed by atoms with Gasteiger partial charge in [-0.25, -0.2) is 4.98 Å². The molecule has 6 nitrogen and oxygen atoms in total. The summed E-state index contributed by atoms with van der Waals surface area (Å²) in [6, 6.07) is 4.33. The molecule has 0 unspecified atom stereocenters. The van der Waals surface area contributed by atoms with Gasteiger partial charge in [-0.2, -0.15) is 13.2 Å². The van der Waals surface area contributed by atoms with Crippen LogP contribution >= 0.6 is 0 Å². The number of imidazole rings is 1. The van der Waals surface area contributed by atoms with Crippen LogP contribution < -0.4 is 5.32 Å². The fourth-order valence-corrected chi connectivity index (χ4v) is 4.20. The van der Waals surface area contributed by atoms with Crippen LogP contribution in [0.4, 0.5) is 13.2 Å². The highest BCUT2D eigenvalue weighted by molar-refractivity contribution is 5.97. The number of piperidine rings is 1. The van der Waals surface area contributed by atoms with E-state index in [0.717, 1.165) is 12.8 Å². The van der Waals surface area contributed by atoms with Crippen LogP contribution in [0.25, 0.3) is 11.0 Å². The molecule has 2 heterocycles. The molecule has 2 fully saturated rings. The Morgan fingerprint density at radius 2 is 2.00 bits per heavy atom. The summed E-state index contributed by atoms with van der Waals surface area (Å²) < 4.78 is 38.4. The number of amides is 2. The van der Waals surface area contributed by atoms with Gasteiger partial charge in [-0.1, -0.05) is 0 Å². The monoisotopic (exact) mass is 380 g/mol. The lowest BCUT2D eigenvalue weighted by atomic mass is 9.89. The van der Waals surface area contributed by atoms with Crippen LogP contribution in [0.2, 0.25) is 0 Å². The summed E-state index contributed by atoms with van der Waals surface area (Å²) in [5.41, 5.74) is 0.654. The predicted octanol–water partition coefficient (Wildman–Crippen LogP) is 2.57. The Bertz CT molecular complexity index is 908. The molecular formula is C18H19F3N4O2. The maximum absolute atomic E-state index is 12.8. The molecule has 144 valence electrons. The number of halogens is 3. The Morgan fingerprint density at radius 1 is 1.26 bits per heavy atom. The van der Waals surface area contributed by atoms with Crippen molar-refractivity contribution >= 4 is 22.8 Å². The molecular weight excluding hydrogens is 361 g/mol. The summed E-state index contributed by atoms with van der Waals surface area (Å²) in [6.45, 7) is 0.641. The third-order valence-corrected chi connectivity index (χ3v) is 5.69. The summed E-state index contributed by atoms with van der Waals surface area (Å²) in [5.74, 6) is -0.623. The number of carbonyl (C=O) groups excluding carboxylic acids is 2. The second-order valence-electron chi connectivity index (χ2n) is 7.38. The Labute approximate surface area is 153 Å². The second-order valence-corrected chi connectivity index (χ2v) is 7.38. The van der Waals surface area contributed by atoms with Crippen molar-refractivity contribution in [2.24, 2.45) is 11.8 Å². The van der Waals surface area contributed by atoms with Crippen LogP contribution in [-0.4, -0.2) is 46.3 Å². The zero-order chi connectivity index (χ0) is 19.3. The van der Waals surface area contributed by atoms with Crippen LogP contribution in [0.1, 0.15) is 35.4 Å². The van der Waals surface area contributed by atoms with Crippen molar-refractivity contribution in [1.29, 1.82) is 0 Å². The normalized spacial score (nSPS) is 25.3. The third-order valence-electron chi connectivity index (χ3n) is 5.69. The molecule has 0 bridgehead atoms. The fraction of sp³-hybridized carbons (Fsp3) is 0.500. The van der Waals surface area contributed by atoms with Crippen LogP contribution in [0.5, 0.6) is 0 Å². The standard InChI is InChI=1S/C18H19F3N4O2/c1-25(12-4-10-7-15(26)22-8-11(10)5-12)16(27)9-2-3-13-14(6-9)24-17(23-13)18(19,20)21/h2-3,6,10-12H,4-5,7-8H2,1H3,(H,22,26)(H,23,24)/t10-,11+,12-/m0/s1. The smallest absolute Gasteiger partial charge is 0.356 e. The highest BCUT2D eigenvalue weighted by atomic mass is 19.4. The quantitative estimate of drug-likeness (QED) is 0.841. The molecule has 1 aliphatic carbocycles. The number of hydrogen-bond acceptors (Lipinski definition) is 3. The molecule has 2 aromatic rings. The van der Waals surface area contributed by atoms with Gasteiger partial charge in [0, 0.05) is 31.6 Å². The van der Waals surface area contributed by atoms with E-state index in [2.05, 4.69) is 15.3 Å². The van der Waals surface area contributed by atoms with E-state index in [4.69, 9.17) is 0 Å². The zero-order valence-corrected chi connectivity index (χ0v) is 14.6. The maximum atomic E-state index is 12.8. The molecule has 1 saturated carbocycles. The predicted molar refractivity (Wildman–Crippen MR) is 90.8 cm³/mol. The van der Waals surface area contributed by atoms with Crippen molar-refractivity contribution in [1.82, 2.24) is 20.2 Å². The van der Waals surface area contributed by atoms with Gasteiger partial charge in [-0.15, -0.1) is 0 Å². The topological polar surface area (TPSA) is 78.1 Å². The first-order valence-electron chi connectivity index (χ1n) is 8.83. The summed E-state index contributed by atoms with van der Waals surface area (Å²) >= 11 is 0. The minimum absolute atomic E-state index is 0.0170. The van der Waals surface area contributed by atoms with Crippen molar-refractivity contribution in [3.8, 4) is 0 Å². The molecule has 3 atom stereocenters. The molecule has 1 saturated heterocycles. The maximum Gasteiger partial charge on any atom is 0.449 e. The van der Waals surface area contributed by atoms with E-state index < -0.39 is 12.0 Å². The Hall–Kier alpha value is -2.58. The van der Waals surface area contributed by atoms with Crippen molar-refractivity contribution in [2.45, 2.75) is 31.5 Å². The number of rotatable bonds is 2. The number of carbonyl (C=O) groups is 2. The number of alkyl halides is 3. The Morgan fingerprint density at radius 3 is 2.74 bits per heavy atom. The van der Waals surface area contributed by atoms with Crippen molar-refractivity contribution in [3.05, 3.63) is 29.6 Å². The van der Waals surface area contributed by atoms with Gasteiger partial charge in [-0.3, -0.25) is 9.59 Å². The second kappa shape index (κ2) is 6.24. The van der Waals surface area contributed by atoms with E-state index in [1.165, 1.54) is 18.2 Å². The largest absolute Gasteiger partial charge is 0.449 e. The van der Waals surface area contributed by atoms with Crippen LogP contribution in [0, 0.1) is 11.8 Å². The van der Waals surface area contributed by atoms with E-state index in [1.807, 2.05) is 0 Å². The lowest BCUT2D eigenvalue weighted by molar-refractivity contribution is -0.144. The van der Waals surface area contributed by atoms with Crippen molar-refractivity contribution < 1.29 is 22.8 Å². The summed E-state index contributed by atoms with van der Waals surface area (Å²) in [6.07, 6.45) is -2.49. The molecule has 0 spiro atoms. The highest BCUT2D eigenvalue weighted by Gasteiger charge is 2.41. The van der Waals surface area contributed by atoms with E-state index >= 15 is 0 Å². The van der Waals surface area contributed by atoms with Gasteiger partial charge in [0.2, 0.25) is 11.7 Å². The first kappa shape index (κ1) is 17.8. The lowest BCUT2D eigenvalue weighted by Crippen LogP contribution is -2.38. The fourth-order valence-electron chi connectivity index (χ4n) is 4.20. The first-order valence-corrected chi connectivity index (χ1v) is 8.83. The van der Waals surface area contributed by atoms with Gasteiger partial charge in [0.15, 0.2) is 0 Å². The van der Waals surface area contributed by atoms with Gasteiger partial charge in [0.1, 0.15) is 0 Å². The van der Waals surface area contributed by atoms with Gasteiger partial charge < -0.3 is 15.2 Å². The Kier molecular flexibility index (Phi) is 4.12. The number of hydrogen-bond donors (Lipinski definition) is 2.